The van der Waals surface area contributed by atoms with Crippen LogP contribution in [0.15, 0.2) is 84.6 Å². The van der Waals surface area contributed by atoms with E-state index in [0.717, 1.165) is 32.5 Å². The van der Waals surface area contributed by atoms with Gasteiger partial charge in [-0.25, -0.2) is 0 Å². The van der Waals surface area contributed by atoms with E-state index >= 15 is 0 Å². The van der Waals surface area contributed by atoms with Crippen LogP contribution in [0.1, 0.15) is 47.9 Å². The second-order valence-electron chi connectivity index (χ2n) is 11.3. The molecule has 6 nitrogen and oxygen atoms in total. The fourth-order valence-electron chi connectivity index (χ4n) is 6.62. The predicted octanol–water partition coefficient (Wildman–Crippen LogP) is 5.35. The molecule has 1 saturated heterocycles. The molecular weight excluding hydrogens is 512 g/mol. The van der Waals surface area contributed by atoms with E-state index in [0.29, 0.717) is 31.9 Å². The number of amides is 1. The molecule has 0 unspecified atom stereocenters. The molecule has 6 heteroatoms. The van der Waals surface area contributed by atoms with Crippen molar-refractivity contribution in [2.24, 2.45) is 5.92 Å². The zero-order valence-electron chi connectivity index (χ0n) is 23.9. The fourth-order valence-corrected chi connectivity index (χ4v) is 6.62. The maximum Gasteiger partial charge on any atom is 0.288 e. The number of hydrogen-bond acceptors (Lipinski definition) is 5. The first-order chi connectivity index (χ1) is 20.1. The van der Waals surface area contributed by atoms with Crippen LogP contribution in [0.2, 0.25) is 0 Å². The lowest BCUT2D eigenvalue weighted by atomic mass is 9.79. The topological polar surface area (TPSA) is 62.2 Å². The Kier molecular flexibility index (Phi) is 8.51. The van der Waals surface area contributed by atoms with Crippen LogP contribution >= 0.6 is 0 Å². The second-order valence-corrected chi connectivity index (χ2v) is 11.3. The van der Waals surface area contributed by atoms with E-state index in [1.807, 2.05) is 24.0 Å². The molecule has 0 aromatic heterocycles. The van der Waals surface area contributed by atoms with Crippen LogP contribution in [-0.2, 0) is 27.2 Å². The number of piperazine rings is 1. The molecule has 0 bridgehead atoms. The summed E-state index contributed by atoms with van der Waals surface area (Å²) in [4.78, 5) is 18.1. The summed E-state index contributed by atoms with van der Waals surface area (Å²) in [7, 11) is 0. The summed E-state index contributed by atoms with van der Waals surface area (Å²) in [6.07, 6.45) is 3.82. The molecule has 1 N–H and O–H groups in total. The molecule has 1 fully saturated rings. The van der Waals surface area contributed by atoms with Crippen LogP contribution in [0, 0.1) is 5.92 Å². The number of hydrogen-bond donors (Lipinski definition) is 1. The van der Waals surface area contributed by atoms with Crippen molar-refractivity contribution >= 4 is 5.91 Å². The number of ether oxygens (including phenoxy) is 2. The van der Waals surface area contributed by atoms with Gasteiger partial charge in [0.15, 0.2) is 5.76 Å². The quantitative estimate of drug-likeness (QED) is 0.303. The standard InChI is InChI=1S/C35H40N2O4/c1-2-40-35-31(13-8-20-38)32(27-14-15-30-28(22-27)21-26-11-6-7-12-29(26)30)23-33(41-35)34(39)37-18-16-36(17-19-37)24-25-9-4-3-5-10-25/h3-7,9-12,14-15,22-23,31-32,35,38H,2,8,13,16-21,24H2,1H3/t31-,32+,35+/m1/s1. The highest BCUT2D eigenvalue weighted by Gasteiger charge is 2.39. The van der Waals surface area contributed by atoms with E-state index in [2.05, 4.69) is 71.6 Å². The lowest BCUT2D eigenvalue weighted by Gasteiger charge is -2.39. The zero-order valence-corrected chi connectivity index (χ0v) is 23.9. The van der Waals surface area contributed by atoms with Gasteiger partial charge in [0.25, 0.3) is 5.91 Å². The van der Waals surface area contributed by atoms with Gasteiger partial charge in [-0.15, -0.1) is 0 Å². The van der Waals surface area contributed by atoms with Crippen molar-refractivity contribution in [1.82, 2.24) is 9.80 Å². The van der Waals surface area contributed by atoms with Gasteiger partial charge in [0.2, 0.25) is 6.29 Å². The minimum atomic E-state index is -0.537. The highest BCUT2D eigenvalue weighted by Crippen LogP contribution is 2.43. The summed E-state index contributed by atoms with van der Waals surface area (Å²) in [6, 6.07) is 25.8. The Hall–Kier alpha value is -3.45. The molecule has 1 amide bonds. The summed E-state index contributed by atoms with van der Waals surface area (Å²) in [5.74, 6) is 0.282. The number of rotatable bonds is 9. The molecule has 0 saturated carbocycles. The van der Waals surface area contributed by atoms with Gasteiger partial charge >= 0.3 is 0 Å². The van der Waals surface area contributed by atoms with E-state index in [-0.39, 0.29) is 24.3 Å². The molecule has 3 aromatic carbocycles. The Labute approximate surface area is 243 Å². The first-order valence-electron chi connectivity index (χ1n) is 15.0. The molecule has 3 aromatic rings. The molecule has 3 atom stereocenters. The number of allylic oxidation sites excluding steroid dienone is 1. The average molecular weight is 553 g/mol. The monoisotopic (exact) mass is 552 g/mol. The van der Waals surface area contributed by atoms with Crippen molar-refractivity contribution in [3.8, 4) is 11.1 Å². The molecule has 214 valence electrons. The van der Waals surface area contributed by atoms with Crippen LogP contribution in [0.25, 0.3) is 11.1 Å². The van der Waals surface area contributed by atoms with Gasteiger partial charge in [-0.2, -0.15) is 0 Å². The van der Waals surface area contributed by atoms with Crippen LogP contribution in [0.3, 0.4) is 0 Å². The van der Waals surface area contributed by atoms with Crippen molar-refractivity contribution in [2.75, 3.05) is 39.4 Å². The van der Waals surface area contributed by atoms with Crippen LogP contribution in [-0.4, -0.2) is 66.5 Å². The highest BCUT2D eigenvalue weighted by atomic mass is 16.7. The lowest BCUT2D eigenvalue weighted by Crippen LogP contribution is -2.49. The van der Waals surface area contributed by atoms with Crippen LogP contribution in [0.5, 0.6) is 0 Å². The summed E-state index contributed by atoms with van der Waals surface area (Å²) in [6.45, 7) is 6.46. The van der Waals surface area contributed by atoms with Gasteiger partial charge in [0, 0.05) is 57.8 Å². The maximum absolute atomic E-state index is 13.8. The van der Waals surface area contributed by atoms with E-state index in [1.165, 1.54) is 33.4 Å². The van der Waals surface area contributed by atoms with Crippen molar-refractivity contribution in [3.05, 3.63) is 107 Å². The van der Waals surface area contributed by atoms with Gasteiger partial charge in [0.05, 0.1) is 0 Å². The van der Waals surface area contributed by atoms with Gasteiger partial charge in [0.1, 0.15) is 0 Å². The normalized spacial score (nSPS) is 22.0. The van der Waals surface area contributed by atoms with E-state index < -0.39 is 6.29 Å². The summed E-state index contributed by atoms with van der Waals surface area (Å²) in [5, 5.41) is 9.66. The van der Waals surface area contributed by atoms with Crippen molar-refractivity contribution in [3.63, 3.8) is 0 Å². The number of aliphatic hydroxyl groups is 1. The Morgan fingerprint density at radius 2 is 1.71 bits per heavy atom. The van der Waals surface area contributed by atoms with Gasteiger partial charge in [-0.3, -0.25) is 9.69 Å². The number of nitrogens with zero attached hydrogens (tertiary/aromatic N) is 2. The smallest absolute Gasteiger partial charge is 0.288 e. The fraction of sp³-hybridized carbons (Fsp3) is 0.400. The first-order valence-corrected chi connectivity index (χ1v) is 15.0. The van der Waals surface area contributed by atoms with Gasteiger partial charge < -0.3 is 19.5 Å². The third-order valence-corrected chi connectivity index (χ3v) is 8.73. The molecule has 6 rings (SSSR count). The SMILES string of the molecule is CCO[C@H]1OC(C(=O)N2CCN(Cc3ccccc3)CC2)=C[C@@H](c2ccc3c(c2)Cc2ccccc2-3)[C@H]1CCCO. The van der Waals surface area contributed by atoms with Crippen LogP contribution < -0.4 is 0 Å². The van der Waals surface area contributed by atoms with Crippen molar-refractivity contribution in [2.45, 2.75) is 44.9 Å². The molecule has 2 heterocycles. The van der Waals surface area contributed by atoms with E-state index in [1.54, 1.807) is 0 Å². The highest BCUT2D eigenvalue weighted by molar-refractivity contribution is 5.92. The third kappa shape index (κ3) is 5.96. The van der Waals surface area contributed by atoms with Crippen molar-refractivity contribution < 1.29 is 19.4 Å². The largest absolute Gasteiger partial charge is 0.459 e. The Balaban J connectivity index is 1.24. The molecule has 41 heavy (non-hydrogen) atoms. The van der Waals surface area contributed by atoms with Crippen LogP contribution in [0.4, 0.5) is 0 Å². The number of carbonyl (C=O) groups excluding carboxylic acids is 1. The number of fused-ring (bicyclic) bond motifs is 3. The maximum atomic E-state index is 13.8. The molecule has 3 aliphatic rings. The number of carbonyl (C=O) groups is 1. The minimum Gasteiger partial charge on any atom is -0.459 e. The van der Waals surface area contributed by atoms with E-state index in [4.69, 9.17) is 9.47 Å². The number of aliphatic hydroxyl groups excluding tert-OH is 1. The third-order valence-electron chi connectivity index (χ3n) is 8.73. The molecule has 1 aliphatic carbocycles. The summed E-state index contributed by atoms with van der Waals surface area (Å²) >= 11 is 0. The van der Waals surface area contributed by atoms with E-state index in [9.17, 15) is 9.90 Å². The molecule has 0 radical (unpaired) electrons. The second kappa shape index (κ2) is 12.6. The molecule has 0 spiro atoms. The minimum absolute atomic E-state index is 0.00296. The number of benzene rings is 3. The molecule has 2 aliphatic heterocycles. The summed E-state index contributed by atoms with van der Waals surface area (Å²) in [5.41, 5.74) is 7.74. The lowest BCUT2D eigenvalue weighted by molar-refractivity contribution is -0.171. The Morgan fingerprint density at radius 1 is 0.951 bits per heavy atom. The Bertz CT molecular complexity index is 1380. The zero-order chi connectivity index (χ0) is 28.2. The summed E-state index contributed by atoms with van der Waals surface area (Å²) < 4.78 is 12.4. The predicted molar refractivity (Wildman–Crippen MR) is 160 cm³/mol. The van der Waals surface area contributed by atoms with Gasteiger partial charge in [-0.05, 0) is 65.6 Å². The van der Waals surface area contributed by atoms with Crippen molar-refractivity contribution in [1.29, 1.82) is 0 Å². The molecular formula is C35H40N2O4. The van der Waals surface area contributed by atoms with Gasteiger partial charge in [-0.1, -0.05) is 72.8 Å². The average Bonchev–Trinajstić information content (AvgIpc) is 3.39. The Morgan fingerprint density at radius 3 is 2.49 bits per heavy atom. The first kappa shape index (κ1) is 27.7.